The van der Waals surface area contributed by atoms with E-state index in [1.165, 1.54) is 22.9 Å². The Morgan fingerprint density at radius 2 is 1.76 bits per heavy atom. The molecule has 8 heteroatoms. The number of benzene rings is 1. The fourth-order valence-corrected chi connectivity index (χ4v) is 2.73. The highest BCUT2D eigenvalue weighted by molar-refractivity contribution is 5.58. The van der Waals surface area contributed by atoms with Gasteiger partial charge in [-0.15, -0.1) is 0 Å². The van der Waals surface area contributed by atoms with Gasteiger partial charge in [-0.3, -0.25) is 4.79 Å². The quantitative estimate of drug-likeness (QED) is 0.729. The molecular formula is C17H13F2N5O. The van der Waals surface area contributed by atoms with Gasteiger partial charge in [0.2, 0.25) is 5.95 Å². The van der Waals surface area contributed by atoms with Gasteiger partial charge in [-0.2, -0.15) is 5.10 Å². The average Bonchev–Trinajstić information content (AvgIpc) is 2.57. The van der Waals surface area contributed by atoms with Gasteiger partial charge in [0.05, 0.1) is 24.1 Å². The highest BCUT2D eigenvalue weighted by Crippen LogP contribution is 2.24. The van der Waals surface area contributed by atoms with Crippen molar-refractivity contribution in [2.45, 2.75) is 6.04 Å². The fourth-order valence-electron chi connectivity index (χ4n) is 2.73. The lowest BCUT2D eigenvalue weighted by Gasteiger charge is -2.39. The molecule has 6 nitrogen and oxygen atoms in total. The number of hydrogen-bond acceptors (Lipinski definition) is 5. The molecule has 1 aliphatic heterocycles. The summed E-state index contributed by atoms with van der Waals surface area (Å²) in [5.74, 6) is -0.450. The lowest BCUT2D eigenvalue weighted by Crippen LogP contribution is -2.51. The number of rotatable bonds is 3. The Morgan fingerprint density at radius 3 is 2.48 bits per heavy atom. The van der Waals surface area contributed by atoms with E-state index in [1.54, 1.807) is 18.2 Å². The summed E-state index contributed by atoms with van der Waals surface area (Å²) in [5.41, 5.74) is 0.896. The average molecular weight is 341 g/mol. The summed E-state index contributed by atoms with van der Waals surface area (Å²) in [4.78, 5) is 21.8. The summed E-state index contributed by atoms with van der Waals surface area (Å²) in [7, 11) is 0. The van der Waals surface area contributed by atoms with Gasteiger partial charge in [0.15, 0.2) is 5.82 Å². The zero-order chi connectivity index (χ0) is 17.4. The van der Waals surface area contributed by atoms with Crippen LogP contribution in [0.2, 0.25) is 0 Å². The van der Waals surface area contributed by atoms with Crippen molar-refractivity contribution in [1.82, 2.24) is 19.7 Å². The monoisotopic (exact) mass is 341 g/mol. The Balaban J connectivity index is 1.56. The van der Waals surface area contributed by atoms with Crippen molar-refractivity contribution in [3.63, 3.8) is 0 Å². The molecule has 1 aliphatic rings. The standard InChI is InChI=1S/C17H13F2N5O/c18-12-3-1-2-11(6-12)15-4-5-16(25)24(22-15)14-9-23(10-14)17-20-7-13(19)8-21-17/h1-8,14H,9-10H2. The molecule has 0 radical (unpaired) electrons. The number of hydrogen-bond donors (Lipinski definition) is 0. The first-order valence-corrected chi connectivity index (χ1v) is 7.68. The number of nitrogens with zero attached hydrogens (tertiary/aromatic N) is 5. The molecule has 1 fully saturated rings. The molecule has 0 bridgehead atoms. The molecule has 1 aromatic carbocycles. The zero-order valence-electron chi connectivity index (χ0n) is 13.0. The van der Waals surface area contributed by atoms with E-state index >= 15 is 0 Å². The van der Waals surface area contributed by atoms with E-state index < -0.39 is 5.82 Å². The molecule has 3 heterocycles. The van der Waals surface area contributed by atoms with Crippen LogP contribution in [-0.4, -0.2) is 32.8 Å². The maximum atomic E-state index is 13.4. The fraction of sp³-hybridized carbons (Fsp3) is 0.176. The zero-order valence-corrected chi connectivity index (χ0v) is 13.0. The third-order valence-corrected chi connectivity index (χ3v) is 4.04. The lowest BCUT2D eigenvalue weighted by molar-refractivity contribution is 0.350. The Labute approximate surface area is 141 Å². The van der Waals surface area contributed by atoms with Crippen molar-refractivity contribution in [2.75, 3.05) is 18.0 Å². The molecule has 0 unspecified atom stereocenters. The van der Waals surface area contributed by atoms with Crippen LogP contribution in [0.1, 0.15) is 6.04 Å². The van der Waals surface area contributed by atoms with Crippen LogP contribution in [0.25, 0.3) is 11.3 Å². The van der Waals surface area contributed by atoms with Gasteiger partial charge in [-0.25, -0.2) is 23.4 Å². The molecule has 0 amide bonds. The summed E-state index contributed by atoms with van der Waals surface area (Å²) in [6, 6.07) is 8.91. The molecule has 0 spiro atoms. The second-order valence-electron chi connectivity index (χ2n) is 5.77. The van der Waals surface area contributed by atoms with Gasteiger partial charge in [-0.1, -0.05) is 12.1 Å². The molecule has 0 aliphatic carbocycles. The van der Waals surface area contributed by atoms with Crippen LogP contribution >= 0.6 is 0 Å². The molecule has 0 saturated carbocycles. The molecule has 4 rings (SSSR count). The van der Waals surface area contributed by atoms with E-state index in [4.69, 9.17) is 0 Å². The Hall–Kier alpha value is -3.16. The summed E-state index contributed by atoms with van der Waals surface area (Å²) >= 11 is 0. The van der Waals surface area contributed by atoms with Crippen LogP contribution in [0, 0.1) is 11.6 Å². The van der Waals surface area contributed by atoms with Crippen molar-refractivity contribution < 1.29 is 8.78 Å². The van der Waals surface area contributed by atoms with Crippen LogP contribution < -0.4 is 10.5 Å². The minimum atomic E-state index is -0.499. The van der Waals surface area contributed by atoms with Gasteiger partial charge in [0.25, 0.3) is 5.56 Å². The van der Waals surface area contributed by atoms with Crippen LogP contribution in [-0.2, 0) is 0 Å². The van der Waals surface area contributed by atoms with Crippen LogP contribution in [0.3, 0.4) is 0 Å². The molecule has 0 atom stereocenters. The maximum Gasteiger partial charge on any atom is 0.267 e. The van der Waals surface area contributed by atoms with Gasteiger partial charge in [0, 0.05) is 24.7 Å². The predicted molar refractivity (Wildman–Crippen MR) is 87.1 cm³/mol. The Bertz CT molecular complexity index is 967. The van der Waals surface area contributed by atoms with Gasteiger partial charge in [-0.05, 0) is 18.2 Å². The Morgan fingerprint density at radius 1 is 1.00 bits per heavy atom. The van der Waals surface area contributed by atoms with Crippen molar-refractivity contribution in [3.05, 3.63) is 70.8 Å². The molecule has 25 heavy (non-hydrogen) atoms. The molecule has 2 aromatic heterocycles. The molecule has 126 valence electrons. The SMILES string of the molecule is O=c1ccc(-c2cccc(F)c2)nn1C1CN(c2ncc(F)cn2)C1. The minimum absolute atomic E-state index is 0.144. The van der Waals surface area contributed by atoms with Gasteiger partial charge < -0.3 is 4.90 Å². The second-order valence-corrected chi connectivity index (χ2v) is 5.77. The van der Waals surface area contributed by atoms with Crippen LogP contribution in [0.5, 0.6) is 0 Å². The predicted octanol–water partition coefficient (Wildman–Crippen LogP) is 2.04. The van der Waals surface area contributed by atoms with E-state index in [0.29, 0.717) is 30.3 Å². The van der Waals surface area contributed by atoms with Crippen molar-refractivity contribution >= 4 is 5.95 Å². The highest BCUT2D eigenvalue weighted by atomic mass is 19.1. The highest BCUT2D eigenvalue weighted by Gasteiger charge is 2.31. The van der Waals surface area contributed by atoms with Crippen molar-refractivity contribution in [1.29, 1.82) is 0 Å². The van der Waals surface area contributed by atoms with Gasteiger partial charge in [0.1, 0.15) is 5.82 Å². The number of halogens is 2. The summed E-state index contributed by atoms with van der Waals surface area (Å²) in [5, 5.41) is 4.36. The second kappa shape index (κ2) is 6.04. The van der Waals surface area contributed by atoms with Crippen LogP contribution in [0.15, 0.2) is 53.6 Å². The van der Waals surface area contributed by atoms with E-state index in [1.807, 2.05) is 4.90 Å². The van der Waals surface area contributed by atoms with E-state index in [0.717, 1.165) is 12.4 Å². The van der Waals surface area contributed by atoms with Gasteiger partial charge >= 0.3 is 0 Å². The number of aromatic nitrogens is 4. The molecule has 0 N–H and O–H groups in total. The largest absolute Gasteiger partial charge is 0.336 e. The normalized spacial score (nSPS) is 14.4. The first-order chi connectivity index (χ1) is 12.1. The van der Waals surface area contributed by atoms with E-state index in [-0.39, 0.29) is 17.4 Å². The smallest absolute Gasteiger partial charge is 0.267 e. The molecule has 1 saturated heterocycles. The van der Waals surface area contributed by atoms with Crippen molar-refractivity contribution in [3.8, 4) is 11.3 Å². The molecular weight excluding hydrogens is 328 g/mol. The van der Waals surface area contributed by atoms with Crippen LogP contribution in [0.4, 0.5) is 14.7 Å². The number of anilines is 1. The third kappa shape index (κ3) is 2.98. The lowest BCUT2D eigenvalue weighted by atomic mass is 10.1. The minimum Gasteiger partial charge on any atom is -0.336 e. The third-order valence-electron chi connectivity index (χ3n) is 4.04. The van der Waals surface area contributed by atoms with Crippen molar-refractivity contribution in [2.24, 2.45) is 0 Å². The Kier molecular flexibility index (Phi) is 3.72. The first kappa shape index (κ1) is 15.4. The summed E-state index contributed by atoms with van der Waals surface area (Å²) in [6.45, 7) is 0.982. The first-order valence-electron chi connectivity index (χ1n) is 7.68. The summed E-state index contributed by atoms with van der Waals surface area (Å²) in [6.07, 6.45) is 2.20. The molecule has 3 aromatic rings. The van der Waals surface area contributed by atoms with E-state index in [2.05, 4.69) is 15.1 Å². The summed E-state index contributed by atoms with van der Waals surface area (Å²) < 4.78 is 27.7. The maximum absolute atomic E-state index is 13.4. The topological polar surface area (TPSA) is 63.9 Å². The van der Waals surface area contributed by atoms with E-state index in [9.17, 15) is 13.6 Å².